The zero-order valence-electron chi connectivity index (χ0n) is 21.5. The Kier molecular flexibility index (Phi) is 8.47. The average molecular weight is 560 g/mol. The molecule has 0 unspecified atom stereocenters. The molecule has 0 spiro atoms. The number of sulfonamides is 1. The molecule has 13 nitrogen and oxygen atoms in total. The molecule has 1 aliphatic heterocycles. The molecular weight excluding hydrogens is 530 g/mol. The molecule has 3 aromatic rings. The number of esters is 1. The summed E-state index contributed by atoms with van der Waals surface area (Å²) in [4.78, 5) is 40.5. The van der Waals surface area contributed by atoms with Crippen molar-refractivity contribution in [1.29, 1.82) is 0 Å². The van der Waals surface area contributed by atoms with Gasteiger partial charge in [0.1, 0.15) is 11.7 Å². The quantitative estimate of drug-likeness (QED) is 0.214. The molecule has 14 heteroatoms. The van der Waals surface area contributed by atoms with Crippen LogP contribution in [0.25, 0.3) is 10.9 Å². The second-order valence-corrected chi connectivity index (χ2v) is 11.0. The van der Waals surface area contributed by atoms with Gasteiger partial charge < -0.3 is 24.7 Å². The molecular formula is C25H29N5O8S. The second-order valence-electron chi connectivity index (χ2n) is 9.11. The lowest BCUT2D eigenvalue weighted by atomic mass is 10.0. The summed E-state index contributed by atoms with van der Waals surface area (Å²) in [5, 5.41) is 15.7. The highest BCUT2D eigenvalue weighted by atomic mass is 32.2. The van der Waals surface area contributed by atoms with Gasteiger partial charge in [0.05, 0.1) is 23.0 Å². The van der Waals surface area contributed by atoms with Crippen molar-refractivity contribution >= 4 is 44.2 Å². The number of morpholine rings is 1. The minimum absolute atomic E-state index is 0.0679. The van der Waals surface area contributed by atoms with E-state index in [-0.39, 0.29) is 43.3 Å². The van der Waals surface area contributed by atoms with E-state index in [1.54, 1.807) is 6.20 Å². The predicted molar refractivity (Wildman–Crippen MR) is 142 cm³/mol. The first-order valence-electron chi connectivity index (χ1n) is 12.1. The SMILES string of the molecule is CN(C)C(=O)COC(=O)[C@@H](Cc1c[nH]c2ccccc12)Nc1ccc(S(=O)(=O)N2CCOCC2)cc1[N+](=O)[O-]. The number of nitrogens with one attached hydrogen (secondary N) is 2. The van der Waals surface area contributed by atoms with E-state index in [0.717, 1.165) is 22.5 Å². The molecule has 1 fully saturated rings. The van der Waals surface area contributed by atoms with Crippen LogP contribution in [-0.2, 0) is 35.5 Å². The van der Waals surface area contributed by atoms with E-state index in [2.05, 4.69) is 10.3 Å². The van der Waals surface area contributed by atoms with Crippen molar-refractivity contribution in [3.05, 3.63) is 64.3 Å². The molecule has 1 aromatic heterocycles. The highest BCUT2D eigenvalue weighted by Crippen LogP contribution is 2.31. The van der Waals surface area contributed by atoms with Crippen LogP contribution in [-0.4, -0.2) is 92.5 Å². The number of rotatable bonds is 10. The van der Waals surface area contributed by atoms with Crippen molar-refractivity contribution < 1.29 is 32.4 Å². The molecule has 1 saturated heterocycles. The Balaban J connectivity index is 1.65. The van der Waals surface area contributed by atoms with Gasteiger partial charge in [-0.15, -0.1) is 0 Å². The fourth-order valence-electron chi connectivity index (χ4n) is 4.15. The van der Waals surface area contributed by atoms with Crippen molar-refractivity contribution in [1.82, 2.24) is 14.2 Å². The van der Waals surface area contributed by atoms with Crippen LogP contribution < -0.4 is 5.32 Å². The number of amides is 1. The molecule has 1 aliphatic rings. The number of fused-ring (bicyclic) bond motifs is 1. The number of hydrogen-bond acceptors (Lipinski definition) is 9. The van der Waals surface area contributed by atoms with Crippen LogP contribution in [0.2, 0.25) is 0 Å². The molecule has 1 atom stereocenters. The minimum atomic E-state index is -3.99. The number of para-hydroxylation sites is 1. The Labute approximate surface area is 224 Å². The summed E-state index contributed by atoms with van der Waals surface area (Å²) in [6.07, 6.45) is 1.80. The summed E-state index contributed by atoms with van der Waals surface area (Å²) in [7, 11) is -0.945. The number of carbonyl (C=O) groups excluding carboxylic acids is 2. The third-order valence-corrected chi connectivity index (χ3v) is 8.22. The van der Waals surface area contributed by atoms with Crippen LogP contribution in [0.1, 0.15) is 5.56 Å². The van der Waals surface area contributed by atoms with Crippen LogP contribution in [0.4, 0.5) is 11.4 Å². The van der Waals surface area contributed by atoms with Crippen LogP contribution in [0.15, 0.2) is 53.6 Å². The van der Waals surface area contributed by atoms with Gasteiger partial charge in [-0.1, -0.05) is 18.2 Å². The molecule has 0 saturated carbocycles. The highest BCUT2D eigenvalue weighted by Gasteiger charge is 2.31. The number of nitro benzene ring substituents is 1. The van der Waals surface area contributed by atoms with Gasteiger partial charge in [0.15, 0.2) is 6.61 Å². The number of ether oxygens (including phenoxy) is 2. The molecule has 2 N–H and O–H groups in total. The fraction of sp³-hybridized carbons (Fsp3) is 0.360. The molecule has 0 radical (unpaired) electrons. The molecule has 39 heavy (non-hydrogen) atoms. The van der Waals surface area contributed by atoms with E-state index < -0.39 is 45.2 Å². The lowest BCUT2D eigenvalue weighted by molar-refractivity contribution is -0.384. The predicted octanol–water partition coefficient (Wildman–Crippen LogP) is 1.75. The molecule has 1 amide bonds. The van der Waals surface area contributed by atoms with E-state index >= 15 is 0 Å². The van der Waals surface area contributed by atoms with Gasteiger partial charge in [-0.2, -0.15) is 4.31 Å². The number of aromatic nitrogens is 1. The number of H-pyrrole nitrogens is 1. The van der Waals surface area contributed by atoms with Crippen LogP contribution in [0.5, 0.6) is 0 Å². The van der Waals surface area contributed by atoms with Crippen LogP contribution >= 0.6 is 0 Å². The number of hydrogen-bond donors (Lipinski definition) is 2. The van der Waals surface area contributed by atoms with E-state index in [4.69, 9.17) is 9.47 Å². The monoisotopic (exact) mass is 559 g/mol. The normalized spacial score (nSPS) is 15.0. The number of carbonyl (C=O) groups is 2. The zero-order valence-corrected chi connectivity index (χ0v) is 22.3. The minimum Gasteiger partial charge on any atom is -0.454 e. The molecule has 4 rings (SSSR count). The number of anilines is 1. The van der Waals surface area contributed by atoms with Crippen LogP contribution in [0, 0.1) is 10.1 Å². The van der Waals surface area contributed by atoms with E-state index in [9.17, 15) is 28.1 Å². The Morgan fingerprint density at radius 2 is 1.92 bits per heavy atom. The second kappa shape index (κ2) is 11.8. The summed E-state index contributed by atoms with van der Waals surface area (Å²) < 4.78 is 37.8. The van der Waals surface area contributed by atoms with Crippen molar-refractivity contribution in [2.75, 3.05) is 52.3 Å². The molecule has 2 aromatic carbocycles. The lowest BCUT2D eigenvalue weighted by Gasteiger charge is -2.26. The van der Waals surface area contributed by atoms with E-state index in [1.807, 2.05) is 24.3 Å². The van der Waals surface area contributed by atoms with Crippen molar-refractivity contribution in [2.45, 2.75) is 17.4 Å². The average Bonchev–Trinajstić information content (AvgIpc) is 3.34. The summed E-state index contributed by atoms with van der Waals surface area (Å²) >= 11 is 0. The smallest absolute Gasteiger partial charge is 0.329 e. The largest absolute Gasteiger partial charge is 0.454 e. The van der Waals surface area contributed by atoms with Gasteiger partial charge in [0, 0.05) is 56.8 Å². The lowest BCUT2D eigenvalue weighted by Crippen LogP contribution is -2.40. The number of nitrogens with zero attached hydrogens (tertiary/aromatic N) is 3. The summed E-state index contributed by atoms with van der Waals surface area (Å²) in [6, 6.07) is 9.79. The summed E-state index contributed by atoms with van der Waals surface area (Å²) in [5.41, 5.74) is 0.992. The third-order valence-electron chi connectivity index (χ3n) is 6.32. The van der Waals surface area contributed by atoms with E-state index in [1.165, 1.54) is 35.4 Å². The number of benzene rings is 2. The van der Waals surface area contributed by atoms with Gasteiger partial charge in [-0.3, -0.25) is 14.9 Å². The van der Waals surface area contributed by atoms with Gasteiger partial charge in [-0.05, 0) is 23.8 Å². The van der Waals surface area contributed by atoms with E-state index in [0.29, 0.717) is 0 Å². The summed E-state index contributed by atoms with van der Waals surface area (Å²) in [5.74, 6) is -1.23. The first-order valence-corrected chi connectivity index (χ1v) is 13.6. The van der Waals surface area contributed by atoms with Gasteiger partial charge in [0.25, 0.3) is 11.6 Å². The number of aromatic amines is 1. The van der Waals surface area contributed by atoms with Gasteiger partial charge in [-0.25, -0.2) is 13.2 Å². The Morgan fingerprint density at radius 3 is 2.62 bits per heavy atom. The Hall–Kier alpha value is -4.01. The number of likely N-dealkylation sites (N-methyl/N-ethyl adjacent to an activating group) is 1. The van der Waals surface area contributed by atoms with Crippen LogP contribution in [0.3, 0.4) is 0 Å². The first-order chi connectivity index (χ1) is 18.6. The maximum atomic E-state index is 13.1. The van der Waals surface area contributed by atoms with Crippen molar-refractivity contribution in [2.24, 2.45) is 0 Å². The molecule has 0 aliphatic carbocycles. The topological polar surface area (TPSA) is 164 Å². The molecule has 2 heterocycles. The molecule has 0 bridgehead atoms. The van der Waals surface area contributed by atoms with Gasteiger partial charge >= 0.3 is 5.97 Å². The first kappa shape index (κ1) is 28.0. The van der Waals surface area contributed by atoms with Gasteiger partial charge in [0.2, 0.25) is 10.0 Å². The standard InChI is InChI=1S/C25H29N5O8S/c1-28(2)24(31)16-38-25(32)22(13-17-15-26-20-6-4-3-5-19(17)20)27-21-8-7-18(14-23(21)30(33)34)39(35,36)29-9-11-37-12-10-29/h3-8,14-15,22,26-27H,9-13,16H2,1-2H3/t22-/m1/s1. The number of nitro groups is 1. The Morgan fingerprint density at radius 1 is 1.21 bits per heavy atom. The maximum Gasteiger partial charge on any atom is 0.329 e. The Bertz CT molecular complexity index is 1480. The maximum absolute atomic E-state index is 13.1. The fourth-order valence-corrected chi connectivity index (χ4v) is 5.57. The summed E-state index contributed by atoms with van der Waals surface area (Å²) in [6.45, 7) is 0.237. The van der Waals surface area contributed by atoms with Crippen molar-refractivity contribution in [3.63, 3.8) is 0 Å². The third kappa shape index (κ3) is 6.35. The highest BCUT2D eigenvalue weighted by molar-refractivity contribution is 7.89. The van der Waals surface area contributed by atoms with Crippen molar-refractivity contribution in [3.8, 4) is 0 Å². The zero-order chi connectivity index (χ0) is 28.2. The molecule has 208 valence electrons.